The van der Waals surface area contributed by atoms with E-state index in [2.05, 4.69) is 62.5 Å². The molecule has 0 unspecified atom stereocenters. The van der Waals surface area contributed by atoms with Crippen molar-refractivity contribution in [1.29, 1.82) is 26.3 Å². The van der Waals surface area contributed by atoms with Crippen LogP contribution in [0, 0.1) is 100 Å². The third kappa shape index (κ3) is 8.68. The van der Waals surface area contributed by atoms with Gasteiger partial charge in [0.25, 0.3) is 0 Å². The monoisotopic (exact) mass is 840 g/mol. The van der Waals surface area contributed by atoms with E-state index in [-0.39, 0.29) is 56.8 Å². The summed E-state index contributed by atoms with van der Waals surface area (Å²) in [6.07, 6.45) is 0.331. The van der Waals surface area contributed by atoms with E-state index in [1.54, 1.807) is 97.1 Å². The molecule has 300 valence electrons. The van der Waals surface area contributed by atoms with Gasteiger partial charge >= 0.3 is 0 Å². The van der Waals surface area contributed by atoms with E-state index in [0.717, 1.165) is 22.3 Å². The second kappa shape index (κ2) is 19.3. The van der Waals surface area contributed by atoms with Crippen LogP contribution in [0.3, 0.4) is 0 Å². The summed E-state index contributed by atoms with van der Waals surface area (Å²) in [7, 11) is 0. The van der Waals surface area contributed by atoms with Crippen LogP contribution in [0.4, 0.5) is 17.1 Å². The fourth-order valence-corrected chi connectivity index (χ4v) is 7.24. The molecule has 0 aliphatic heterocycles. The normalized spacial score (nSPS) is 9.70. The minimum atomic E-state index is -0.370. The van der Waals surface area contributed by atoms with Gasteiger partial charge in [-0.3, -0.25) is 9.59 Å². The van der Waals surface area contributed by atoms with Gasteiger partial charge in [-0.1, -0.05) is 90.4 Å². The van der Waals surface area contributed by atoms with Crippen molar-refractivity contribution in [2.24, 2.45) is 0 Å². The van der Waals surface area contributed by atoms with Crippen molar-refractivity contribution in [1.82, 2.24) is 0 Å². The molecule has 0 radical (unpaired) electrons. The van der Waals surface area contributed by atoms with Crippen LogP contribution in [-0.2, 0) is 12.8 Å². The van der Waals surface area contributed by atoms with Crippen LogP contribution in [0.5, 0.6) is 0 Å². The number of benzene rings is 6. The molecule has 0 saturated heterocycles. The summed E-state index contributed by atoms with van der Waals surface area (Å²) in [4.78, 5) is 37.0. The van der Waals surface area contributed by atoms with Gasteiger partial charge in [0.05, 0.1) is 73.5 Å². The summed E-state index contributed by atoms with van der Waals surface area (Å²) >= 11 is 0. The van der Waals surface area contributed by atoms with E-state index in [0.29, 0.717) is 55.5 Å². The molecule has 0 bridgehead atoms. The van der Waals surface area contributed by atoms with Gasteiger partial charge in [0.15, 0.2) is 22.2 Å². The number of nitrogens with zero attached hydrogens (tertiary/aromatic N) is 8. The zero-order valence-corrected chi connectivity index (χ0v) is 34.4. The number of hydrogen-bond donors (Lipinski definition) is 0. The smallest absolute Gasteiger partial charge is 0.206 e. The molecule has 0 N–H and O–H groups in total. The number of nitriles is 5. The lowest BCUT2D eigenvalue weighted by Crippen LogP contribution is -1.99. The average molecular weight is 841 g/mol. The van der Waals surface area contributed by atoms with Gasteiger partial charge in [0.1, 0.15) is 6.07 Å². The van der Waals surface area contributed by atoms with Crippen molar-refractivity contribution in [2.75, 3.05) is 0 Å². The van der Waals surface area contributed by atoms with Crippen molar-refractivity contribution in [3.05, 3.63) is 226 Å². The van der Waals surface area contributed by atoms with Gasteiger partial charge in [-0.25, -0.2) is 14.5 Å². The maximum Gasteiger partial charge on any atom is 0.206 e. The summed E-state index contributed by atoms with van der Waals surface area (Å²) in [6.45, 7) is 21.8. The lowest BCUT2D eigenvalue weighted by atomic mass is 9.95. The zero-order chi connectivity index (χ0) is 46.7. The highest BCUT2D eigenvalue weighted by Gasteiger charge is 2.24. The van der Waals surface area contributed by atoms with Crippen molar-refractivity contribution < 1.29 is 0 Å². The first-order valence-corrected chi connectivity index (χ1v) is 19.6. The van der Waals surface area contributed by atoms with E-state index in [9.17, 15) is 25.4 Å². The Hall–Kier alpha value is -10.8. The van der Waals surface area contributed by atoms with Gasteiger partial charge < -0.3 is 0 Å². The first-order valence-electron chi connectivity index (χ1n) is 19.6. The largest absolute Gasteiger partial charge is 0.290 e. The Labute approximate surface area is 378 Å². The molecule has 0 aromatic heterocycles. The van der Waals surface area contributed by atoms with Crippen LogP contribution in [-0.4, -0.2) is 0 Å². The van der Waals surface area contributed by atoms with Crippen molar-refractivity contribution in [3.8, 4) is 76.3 Å². The molecule has 10 heteroatoms. The fourth-order valence-electron chi connectivity index (χ4n) is 7.24. The van der Waals surface area contributed by atoms with Crippen LogP contribution in [0.15, 0.2) is 131 Å². The first kappa shape index (κ1) is 43.3. The summed E-state index contributed by atoms with van der Waals surface area (Å²) in [5.41, 5.74) is 7.28. The molecule has 8 aromatic carbocycles. The third-order valence-corrected chi connectivity index (χ3v) is 10.5. The van der Waals surface area contributed by atoms with E-state index in [4.69, 9.17) is 30.2 Å². The highest BCUT2D eigenvalue weighted by atomic mass is 16.1. The topological polar surface area (TPSA) is 166 Å². The maximum absolute atomic E-state index is 13.3. The maximum atomic E-state index is 13.3. The quantitative estimate of drug-likeness (QED) is 0.126. The van der Waals surface area contributed by atoms with Crippen molar-refractivity contribution >= 4 is 38.6 Å². The third-order valence-electron chi connectivity index (χ3n) is 10.5. The summed E-state index contributed by atoms with van der Waals surface area (Å²) in [5.74, 6) is 12.3. The molecule has 0 spiro atoms. The average Bonchev–Trinajstić information content (AvgIpc) is 3.80. The summed E-state index contributed by atoms with van der Waals surface area (Å²) < 4.78 is 0. The minimum Gasteiger partial charge on any atom is -0.290 e. The van der Waals surface area contributed by atoms with Crippen LogP contribution in [0.2, 0.25) is 0 Å². The Morgan fingerprint density at radius 3 is 1.30 bits per heavy atom. The lowest BCUT2D eigenvalue weighted by molar-refractivity contribution is 1.19. The Morgan fingerprint density at radius 2 is 0.833 bits per heavy atom. The molecule has 8 rings (SSSR count). The van der Waals surface area contributed by atoms with E-state index >= 15 is 0 Å². The predicted octanol–water partition coefficient (Wildman–Crippen LogP) is 10.8. The SMILES string of the molecule is [C-]#[N+]c1ccc(-c2c([N+]#[C-])c3cc4c(=O)c(-c5ccc(C#N)cc5)c(C#N)c4cc3c2=O)cc1.[C-]#[N+]c1ccc(C#Cc2cc(CC#N)c(C#Cc3ccc(C#N)cc3)cc2CC#N)cc1. The lowest BCUT2D eigenvalue weighted by Gasteiger charge is -2.07. The molecule has 66 heavy (non-hydrogen) atoms. The van der Waals surface area contributed by atoms with Crippen LogP contribution < -0.4 is 10.9 Å². The van der Waals surface area contributed by atoms with Gasteiger partial charge in [-0.05, 0) is 82.2 Å². The van der Waals surface area contributed by atoms with Crippen LogP contribution in [0.25, 0.3) is 58.3 Å². The Morgan fingerprint density at radius 1 is 0.424 bits per heavy atom. The molecule has 0 amide bonds. The van der Waals surface area contributed by atoms with E-state index in [1.807, 2.05) is 18.2 Å². The Kier molecular flexibility index (Phi) is 12.6. The second-order valence-electron chi connectivity index (χ2n) is 14.3. The predicted molar refractivity (Wildman–Crippen MR) is 250 cm³/mol. The standard InChI is InChI=1S/C28H10N4O2.C28H14N4/c1-31-18-9-7-17(8-10-18)25-26(32-2)20-12-21-19(11-22(20)28(25)34)23(14-30)24(27(21)33)16-5-3-15(13-29)4-6-16;1-32-28-12-8-22(9-13-28)7-11-25-19-26(14-16-29)24(18-27(25)15-17-30)10-6-21-2-4-23(20-31)5-3-21/h3-12H;2-5,8-9,12-13,18-19H,14-15H2. The zero-order valence-electron chi connectivity index (χ0n) is 34.4. The van der Waals surface area contributed by atoms with Gasteiger partial charge in [-0.2, -0.15) is 26.3 Å². The molecular formula is C56H24N8O2. The van der Waals surface area contributed by atoms with Gasteiger partial charge in [0.2, 0.25) is 5.69 Å². The highest BCUT2D eigenvalue weighted by molar-refractivity contribution is 6.14. The number of fused-ring (bicyclic) bond motifs is 2. The first-order chi connectivity index (χ1) is 32.2. The van der Waals surface area contributed by atoms with E-state index in [1.165, 1.54) is 12.1 Å². The summed E-state index contributed by atoms with van der Waals surface area (Å²) in [5, 5.41) is 47.6. The molecular weight excluding hydrogens is 817 g/mol. The molecule has 0 aliphatic carbocycles. The van der Waals surface area contributed by atoms with Crippen molar-refractivity contribution in [2.45, 2.75) is 12.8 Å². The highest BCUT2D eigenvalue weighted by Crippen LogP contribution is 2.40. The summed E-state index contributed by atoms with van der Waals surface area (Å²) in [6, 6.07) is 43.9. The fraction of sp³-hybridized carbons (Fsp3) is 0.0357. The Balaban J connectivity index is 0.000000197. The minimum absolute atomic E-state index is 0.136. The van der Waals surface area contributed by atoms with Gasteiger partial charge in [-0.15, -0.1) is 0 Å². The van der Waals surface area contributed by atoms with Gasteiger partial charge in [0, 0.05) is 49.5 Å². The Bertz CT molecular complexity index is 3610. The van der Waals surface area contributed by atoms with Crippen LogP contribution >= 0.6 is 0 Å². The molecule has 8 aromatic rings. The molecule has 10 nitrogen and oxygen atoms in total. The molecule has 0 saturated carbocycles. The molecule has 0 fully saturated rings. The number of rotatable bonds is 4. The number of hydrogen-bond acceptors (Lipinski definition) is 7. The van der Waals surface area contributed by atoms with E-state index < -0.39 is 0 Å². The molecule has 0 heterocycles. The second-order valence-corrected chi connectivity index (χ2v) is 14.3. The molecule has 0 aliphatic rings. The molecule has 0 atom stereocenters. The van der Waals surface area contributed by atoms with Crippen LogP contribution in [0.1, 0.15) is 50.1 Å². The van der Waals surface area contributed by atoms with Crippen molar-refractivity contribution in [3.63, 3.8) is 0 Å².